The van der Waals surface area contributed by atoms with Gasteiger partial charge >= 0.3 is 0 Å². The summed E-state index contributed by atoms with van der Waals surface area (Å²) in [6.07, 6.45) is 5.51. The highest BCUT2D eigenvalue weighted by atomic mass is 19.1. The van der Waals surface area contributed by atoms with Gasteiger partial charge in [0, 0.05) is 0 Å². The van der Waals surface area contributed by atoms with Crippen molar-refractivity contribution in [2.75, 3.05) is 6.61 Å². The Morgan fingerprint density at radius 1 is 0.905 bits per heavy atom. The van der Waals surface area contributed by atoms with Crippen molar-refractivity contribution in [1.29, 1.82) is 0 Å². The SMILES string of the molecule is CCCCCOc1ccc(-c2ccc(C=CF)cc2)cc1. The van der Waals surface area contributed by atoms with Crippen molar-refractivity contribution >= 4 is 6.08 Å². The Morgan fingerprint density at radius 2 is 1.52 bits per heavy atom. The van der Waals surface area contributed by atoms with Crippen LogP contribution < -0.4 is 4.74 Å². The fourth-order valence-electron chi connectivity index (χ4n) is 2.15. The van der Waals surface area contributed by atoms with Crippen molar-refractivity contribution in [2.24, 2.45) is 0 Å². The first-order chi connectivity index (χ1) is 10.3. The molecule has 0 spiro atoms. The van der Waals surface area contributed by atoms with Gasteiger partial charge in [0.25, 0.3) is 0 Å². The predicted molar refractivity (Wildman–Crippen MR) is 87.0 cm³/mol. The van der Waals surface area contributed by atoms with Crippen LogP contribution in [0.5, 0.6) is 5.75 Å². The van der Waals surface area contributed by atoms with E-state index in [0.29, 0.717) is 6.33 Å². The molecule has 0 saturated heterocycles. The quantitative estimate of drug-likeness (QED) is 0.578. The zero-order valence-corrected chi connectivity index (χ0v) is 12.4. The van der Waals surface area contributed by atoms with Gasteiger partial charge < -0.3 is 4.74 Å². The lowest BCUT2D eigenvalue weighted by atomic mass is 10.0. The second-order valence-corrected chi connectivity index (χ2v) is 4.99. The molecule has 21 heavy (non-hydrogen) atoms. The maximum absolute atomic E-state index is 12.1. The van der Waals surface area contributed by atoms with Crippen LogP contribution in [0.4, 0.5) is 4.39 Å². The molecule has 2 aromatic rings. The van der Waals surface area contributed by atoms with Gasteiger partial charge in [-0.2, -0.15) is 0 Å². The molecule has 0 heterocycles. The first-order valence-electron chi connectivity index (χ1n) is 7.43. The average Bonchev–Trinajstić information content (AvgIpc) is 2.53. The van der Waals surface area contributed by atoms with Crippen LogP contribution in [-0.2, 0) is 0 Å². The van der Waals surface area contributed by atoms with Crippen LogP contribution in [0.1, 0.15) is 31.7 Å². The molecule has 0 aromatic heterocycles. The summed E-state index contributed by atoms with van der Waals surface area (Å²) >= 11 is 0. The average molecular weight is 284 g/mol. The molecular weight excluding hydrogens is 263 g/mol. The minimum absolute atomic E-state index is 0.555. The van der Waals surface area contributed by atoms with E-state index in [0.717, 1.165) is 35.5 Å². The highest BCUT2D eigenvalue weighted by Crippen LogP contribution is 2.23. The lowest BCUT2D eigenvalue weighted by Gasteiger charge is -2.07. The second kappa shape index (κ2) is 8.25. The number of halogens is 1. The van der Waals surface area contributed by atoms with Crippen LogP contribution in [-0.4, -0.2) is 6.61 Å². The number of ether oxygens (including phenoxy) is 1. The molecule has 0 aliphatic heterocycles. The molecule has 1 nitrogen and oxygen atoms in total. The zero-order chi connectivity index (χ0) is 14.9. The van der Waals surface area contributed by atoms with Crippen molar-refractivity contribution < 1.29 is 9.13 Å². The van der Waals surface area contributed by atoms with E-state index in [1.807, 2.05) is 36.4 Å². The van der Waals surface area contributed by atoms with E-state index < -0.39 is 0 Å². The summed E-state index contributed by atoms with van der Waals surface area (Å²) in [5.41, 5.74) is 3.10. The molecule has 0 bridgehead atoms. The van der Waals surface area contributed by atoms with Crippen molar-refractivity contribution in [3.8, 4) is 16.9 Å². The molecule has 0 aliphatic rings. The van der Waals surface area contributed by atoms with Crippen molar-refractivity contribution in [1.82, 2.24) is 0 Å². The highest BCUT2D eigenvalue weighted by molar-refractivity contribution is 5.66. The van der Waals surface area contributed by atoms with Crippen LogP contribution in [0.2, 0.25) is 0 Å². The third kappa shape index (κ3) is 4.75. The lowest BCUT2D eigenvalue weighted by molar-refractivity contribution is 0.306. The number of hydrogen-bond donors (Lipinski definition) is 0. The van der Waals surface area contributed by atoms with Gasteiger partial charge in [-0.3, -0.25) is 0 Å². The van der Waals surface area contributed by atoms with Crippen molar-refractivity contribution in [3.05, 3.63) is 60.4 Å². The molecule has 2 heteroatoms. The number of hydrogen-bond acceptors (Lipinski definition) is 1. The van der Waals surface area contributed by atoms with Crippen LogP contribution in [0.3, 0.4) is 0 Å². The maximum atomic E-state index is 12.1. The minimum atomic E-state index is 0.555. The van der Waals surface area contributed by atoms with Crippen LogP contribution >= 0.6 is 0 Å². The molecule has 0 fully saturated rings. The summed E-state index contributed by atoms with van der Waals surface area (Å²) < 4.78 is 17.8. The van der Waals surface area contributed by atoms with Crippen LogP contribution in [0.25, 0.3) is 17.2 Å². The molecule has 0 aliphatic carbocycles. The van der Waals surface area contributed by atoms with Crippen molar-refractivity contribution in [3.63, 3.8) is 0 Å². The van der Waals surface area contributed by atoms with Gasteiger partial charge in [-0.05, 0) is 41.3 Å². The third-order valence-electron chi connectivity index (χ3n) is 3.37. The van der Waals surface area contributed by atoms with E-state index in [1.165, 1.54) is 18.9 Å². The van der Waals surface area contributed by atoms with Crippen molar-refractivity contribution in [2.45, 2.75) is 26.2 Å². The Hall–Kier alpha value is -2.09. The van der Waals surface area contributed by atoms with Crippen LogP contribution in [0.15, 0.2) is 54.9 Å². The van der Waals surface area contributed by atoms with E-state index in [4.69, 9.17) is 4.74 Å². The van der Waals surface area contributed by atoms with Gasteiger partial charge in [0.15, 0.2) is 0 Å². The molecule has 110 valence electrons. The van der Waals surface area contributed by atoms with E-state index in [1.54, 1.807) is 0 Å². The standard InChI is InChI=1S/C19H21FO/c1-2-3-4-15-21-19-11-9-18(10-12-19)17-7-5-16(6-8-17)13-14-20/h5-14H,2-4,15H2,1H3. The van der Waals surface area contributed by atoms with Gasteiger partial charge in [0.2, 0.25) is 0 Å². The Morgan fingerprint density at radius 3 is 2.10 bits per heavy atom. The molecule has 0 N–H and O–H groups in total. The molecule has 2 rings (SSSR count). The normalized spacial score (nSPS) is 11.0. The fraction of sp³-hybridized carbons (Fsp3) is 0.263. The lowest BCUT2D eigenvalue weighted by Crippen LogP contribution is -1.96. The zero-order valence-electron chi connectivity index (χ0n) is 12.4. The Bertz CT molecular complexity index is 555. The minimum Gasteiger partial charge on any atom is -0.494 e. The molecule has 0 unspecified atom stereocenters. The molecule has 0 radical (unpaired) electrons. The molecular formula is C19H21FO. The van der Waals surface area contributed by atoms with E-state index in [-0.39, 0.29) is 0 Å². The highest BCUT2D eigenvalue weighted by Gasteiger charge is 1.99. The first kappa shape index (κ1) is 15.3. The summed E-state index contributed by atoms with van der Waals surface area (Å²) in [7, 11) is 0. The molecule has 2 aromatic carbocycles. The maximum Gasteiger partial charge on any atom is 0.119 e. The van der Waals surface area contributed by atoms with Gasteiger partial charge in [0.05, 0.1) is 12.9 Å². The topological polar surface area (TPSA) is 9.23 Å². The summed E-state index contributed by atoms with van der Waals surface area (Å²) in [5, 5.41) is 0. The number of rotatable bonds is 7. The summed E-state index contributed by atoms with van der Waals surface area (Å²) in [5.74, 6) is 0.909. The van der Waals surface area contributed by atoms with Crippen LogP contribution in [0, 0.1) is 0 Å². The summed E-state index contributed by atoms with van der Waals surface area (Å²) in [6.45, 7) is 2.96. The second-order valence-electron chi connectivity index (χ2n) is 4.99. The van der Waals surface area contributed by atoms with Gasteiger partial charge in [0.1, 0.15) is 5.75 Å². The first-order valence-corrected chi connectivity index (χ1v) is 7.43. The third-order valence-corrected chi connectivity index (χ3v) is 3.37. The summed E-state index contributed by atoms with van der Waals surface area (Å²) in [4.78, 5) is 0. The monoisotopic (exact) mass is 284 g/mol. The molecule has 0 saturated carbocycles. The largest absolute Gasteiger partial charge is 0.494 e. The fourth-order valence-corrected chi connectivity index (χ4v) is 2.15. The molecule has 0 atom stereocenters. The number of benzene rings is 2. The van der Waals surface area contributed by atoms with Gasteiger partial charge in [-0.25, -0.2) is 4.39 Å². The van der Waals surface area contributed by atoms with Gasteiger partial charge in [-0.1, -0.05) is 56.2 Å². The van der Waals surface area contributed by atoms with E-state index in [9.17, 15) is 4.39 Å². The smallest absolute Gasteiger partial charge is 0.119 e. The number of unbranched alkanes of at least 4 members (excludes halogenated alkanes) is 2. The van der Waals surface area contributed by atoms with Gasteiger partial charge in [-0.15, -0.1) is 0 Å². The summed E-state index contributed by atoms with van der Waals surface area (Å²) in [6, 6.07) is 15.9. The van der Waals surface area contributed by atoms with E-state index >= 15 is 0 Å². The Kier molecular flexibility index (Phi) is 6.01. The Labute approximate surface area is 126 Å². The predicted octanol–water partition coefficient (Wildman–Crippen LogP) is 5.86. The molecule has 0 amide bonds. The van der Waals surface area contributed by atoms with E-state index in [2.05, 4.69) is 19.1 Å². The Balaban J connectivity index is 1.97.